The van der Waals surface area contributed by atoms with Crippen LogP contribution in [0, 0.1) is 0 Å². The Morgan fingerprint density at radius 3 is 2.31 bits per heavy atom. The van der Waals surface area contributed by atoms with Crippen molar-refractivity contribution in [2.75, 3.05) is 24.6 Å². The fraction of sp³-hybridized carbons (Fsp3) is 0.727. The van der Waals surface area contributed by atoms with Crippen LogP contribution in [0.2, 0.25) is 0 Å². The Morgan fingerprint density at radius 1 is 0.969 bits per heavy atom. The molecular weight excluding hydrogens is 434 g/mol. The van der Waals surface area contributed by atoms with Gasteiger partial charge in [0, 0.05) is 18.6 Å². The average Bonchev–Trinajstić information content (AvgIpc) is 3.46. The zero-order chi connectivity index (χ0) is 22.9. The predicted octanol–water partition coefficient (Wildman–Crippen LogP) is 1.63. The molecule has 3 fully saturated rings. The number of allylic oxidation sites excluding steroid dienone is 1. The monoisotopic (exact) mass is 465 g/mol. The molecule has 176 valence electrons. The van der Waals surface area contributed by atoms with Gasteiger partial charge in [-0.05, 0) is 51.4 Å². The third-order valence-electron chi connectivity index (χ3n) is 7.08. The molecule has 4 aliphatic rings. The van der Waals surface area contributed by atoms with Gasteiger partial charge in [-0.25, -0.2) is 18.1 Å². The molecular formula is C22H31N3O6S. The standard InChI is InChI=1S/C22H31N3O6S/c26-19(25(17-8-4-5-9-17)18-11-13-32(30,31)15-18)14-24-21(28)20(27)23(22(24)29)12-10-16-6-2-1-3-7-16/h6,17-18H,1-5,7-15H2/t18-/m0/s1. The number of hydrogen-bond donors (Lipinski definition) is 0. The highest BCUT2D eigenvalue weighted by atomic mass is 32.2. The van der Waals surface area contributed by atoms with Crippen LogP contribution in [0.15, 0.2) is 11.6 Å². The number of urea groups is 1. The van der Waals surface area contributed by atoms with E-state index in [9.17, 15) is 27.6 Å². The van der Waals surface area contributed by atoms with Gasteiger partial charge in [0.15, 0.2) is 9.84 Å². The van der Waals surface area contributed by atoms with E-state index >= 15 is 0 Å². The highest BCUT2D eigenvalue weighted by molar-refractivity contribution is 7.91. The molecule has 0 aromatic carbocycles. The SMILES string of the molecule is O=C1C(=O)N(CC(=O)N(C2CCCC2)[C@H]2CCS(=O)(=O)C2)C(=O)N1CCC1=CCCCC1. The molecule has 4 rings (SSSR count). The van der Waals surface area contributed by atoms with E-state index in [2.05, 4.69) is 6.08 Å². The van der Waals surface area contributed by atoms with Crippen molar-refractivity contribution in [3.8, 4) is 0 Å². The number of imide groups is 2. The van der Waals surface area contributed by atoms with Crippen molar-refractivity contribution in [3.63, 3.8) is 0 Å². The topological polar surface area (TPSA) is 112 Å². The smallest absolute Gasteiger partial charge is 0.334 e. The van der Waals surface area contributed by atoms with E-state index in [0.717, 1.165) is 61.2 Å². The van der Waals surface area contributed by atoms with E-state index < -0.39 is 46.2 Å². The molecule has 0 unspecified atom stereocenters. The lowest BCUT2D eigenvalue weighted by Gasteiger charge is -2.34. The minimum absolute atomic E-state index is 0.0395. The van der Waals surface area contributed by atoms with Gasteiger partial charge in [-0.3, -0.25) is 19.3 Å². The van der Waals surface area contributed by atoms with Crippen LogP contribution in [-0.4, -0.2) is 83.5 Å². The van der Waals surface area contributed by atoms with Gasteiger partial charge in [0.05, 0.1) is 11.5 Å². The molecule has 2 aliphatic carbocycles. The summed E-state index contributed by atoms with van der Waals surface area (Å²) in [5.74, 6) is -2.37. The Labute approximate surface area is 188 Å². The summed E-state index contributed by atoms with van der Waals surface area (Å²) in [6.45, 7) is -0.386. The lowest BCUT2D eigenvalue weighted by Crippen LogP contribution is -2.51. The molecule has 2 saturated heterocycles. The summed E-state index contributed by atoms with van der Waals surface area (Å²) in [5.41, 5.74) is 1.19. The number of carbonyl (C=O) groups is 4. The molecule has 2 aliphatic heterocycles. The molecule has 5 amide bonds. The van der Waals surface area contributed by atoms with Gasteiger partial charge in [-0.15, -0.1) is 0 Å². The van der Waals surface area contributed by atoms with Crippen molar-refractivity contribution in [2.24, 2.45) is 0 Å². The second-order valence-corrected chi connectivity index (χ2v) is 11.5. The molecule has 10 heteroatoms. The maximum Gasteiger partial charge on any atom is 0.334 e. The summed E-state index contributed by atoms with van der Waals surface area (Å²) in [5, 5.41) is 0. The van der Waals surface area contributed by atoms with E-state index in [0.29, 0.717) is 12.8 Å². The number of sulfone groups is 1. The molecule has 0 spiro atoms. The van der Waals surface area contributed by atoms with Crippen LogP contribution in [0.25, 0.3) is 0 Å². The zero-order valence-electron chi connectivity index (χ0n) is 18.3. The number of amides is 5. The first kappa shape index (κ1) is 22.9. The van der Waals surface area contributed by atoms with E-state index in [1.54, 1.807) is 4.90 Å². The predicted molar refractivity (Wildman–Crippen MR) is 116 cm³/mol. The van der Waals surface area contributed by atoms with Crippen LogP contribution in [0.5, 0.6) is 0 Å². The summed E-state index contributed by atoms with van der Waals surface area (Å²) in [7, 11) is -3.20. The van der Waals surface area contributed by atoms with Gasteiger partial charge < -0.3 is 4.90 Å². The third-order valence-corrected chi connectivity index (χ3v) is 8.83. The molecule has 0 aromatic rings. The maximum absolute atomic E-state index is 13.2. The van der Waals surface area contributed by atoms with E-state index in [-0.39, 0.29) is 24.1 Å². The molecule has 1 saturated carbocycles. The van der Waals surface area contributed by atoms with E-state index in [1.807, 2.05) is 0 Å². The van der Waals surface area contributed by atoms with E-state index in [1.165, 1.54) is 5.57 Å². The first-order valence-electron chi connectivity index (χ1n) is 11.6. The van der Waals surface area contributed by atoms with Gasteiger partial charge in [-0.1, -0.05) is 24.5 Å². The summed E-state index contributed by atoms with van der Waals surface area (Å²) < 4.78 is 24.0. The molecule has 0 radical (unpaired) electrons. The number of carbonyl (C=O) groups excluding carboxylic acids is 4. The van der Waals surface area contributed by atoms with Gasteiger partial charge in [0.1, 0.15) is 6.54 Å². The second-order valence-electron chi connectivity index (χ2n) is 9.28. The Balaban J connectivity index is 1.44. The summed E-state index contributed by atoms with van der Waals surface area (Å²) in [6, 6.07) is -1.28. The molecule has 0 N–H and O–H groups in total. The zero-order valence-corrected chi connectivity index (χ0v) is 19.1. The van der Waals surface area contributed by atoms with Crippen LogP contribution in [-0.2, 0) is 24.2 Å². The largest absolute Gasteiger partial charge is 0.334 e. The average molecular weight is 466 g/mol. The van der Waals surface area contributed by atoms with Gasteiger partial charge in [-0.2, -0.15) is 0 Å². The molecule has 2 heterocycles. The number of nitrogens with zero attached hydrogens (tertiary/aromatic N) is 3. The van der Waals surface area contributed by atoms with Gasteiger partial charge >= 0.3 is 17.8 Å². The summed E-state index contributed by atoms with van der Waals surface area (Å²) in [4.78, 5) is 54.3. The van der Waals surface area contributed by atoms with E-state index in [4.69, 9.17) is 0 Å². The fourth-order valence-corrected chi connectivity index (χ4v) is 7.08. The minimum Gasteiger partial charge on any atom is -0.334 e. The first-order valence-corrected chi connectivity index (χ1v) is 13.5. The van der Waals surface area contributed by atoms with Crippen LogP contribution >= 0.6 is 0 Å². The van der Waals surface area contributed by atoms with Crippen molar-refractivity contribution < 1.29 is 27.6 Å². The van der Waals surface area contributed by atoms with Crippen LogP contribution < -0.4 is 0 Å². The molecule has 0 bridgehead atoms. The Kier molecular flexibility index (Phi) is 6.69. The lowest BCUT2D eigenvalue weighted by atomic mass is 9.97. The summed E-state index contributed by atoms with van der Waals surface area (Å²) in [6.07, 6.45) is 10.7. The molecule has 9 nitrogen and oxygen atoms in total. The number of rotatable bonds is 7. The second kappa shape index (κ2) is 9.33. The minimum atomic E-state index is -3.20. The number of hydrogen-bond acceptors (Lipinski definition) is 6. The van der Waals surface area contributed by atoms with Crippen LogP contribution in [0.1, 0.15) is 64.2 Å². The van der Waals surface area contributed by atoms with Crippen molar-refractivity contribution in [2.45, 2.75) is 76.3 Å². The van der Waals surface area contributed by atoms with Crippen molar-refractivity contribution in [3.05, 3.63) is 11.6 Å². The highest BCUT2D eigenvalue weighted by Gasteiger charge is 2.47. The third kappa shape index (κ3) is 4.74. The fourth-order valence-electron chi connectivity index (χ4n) is 5.37. The van der Waals surface area contributed by atoms with Crippen LogP contribution in [0.3, 0.4) is 0 Å². The quantitative estimate of drug-likeness (QED) is 0.321. The summed E-state index contributed by atoms with van der Waals surface area (Å²) >= 11 is 0. The Bertz CT molecular complexity index is 937. The highest BCUT2D eigenvalue weighted by Crippen LogP contribution is 2.30. The first-order chi connectivity index (χ1) is 15.3. The van der Waals surface area contributed by atoms with Crippen molar-refractivity contribution in [1.82, 2.24) is 14.7 Å². The normalized spacial score (nSPS) is 26.2. The van der Waals surface area contributed by atoms with Crippen molar-refractivity contribution in [1.29, 1.82) is 0 Å². The lowest BCUT2D eigenvalue weighted by molar-refractivity contribution is -0.145. The Hall–Kier alpha value is -2.23. The van der Waals surface area contributed by atoms with Gasteiger partial charge in [0.2, 0.25) is 5.91 Å². The maximum atomic E-state index is 13.2. The van der Waals surface area contributed by atoms with Crippen LogP contribution in [0.4, 0.5) is 4.79 Å². The molecule has 0 aromatic heterocycles. The Morgan fingerprint density at radius 2 is 1.69 bits per heavy atom. The molecule has 32 heavy (non-hydrogen) atoms. The van der Waals surface area contributed by atoms with Crippen molar-refractivity contribution >= 4 is 33.6 Å². The molecule has 1 atom stereocenters. The van der Waals surface area contributed by atoms with Gasteiger partial charge in [0.25, 0.3) is 0 Å².